The number of amides is 3. The van der Waals surface area contributed by atoms with Crippen LogP contribution in [0.25, 0.3) is 0 Å². The molecule has 2 N–H and O–H groups in total. The summed E-state index contributed by atoms with van der Waals surface area (Å²) in [6.45, 7) is 5.34. The zero-order valence-corrected chi connectivity index (χ0v) is 27.4. The first-order valence-corrected chi connectivity index (χ1v) is 16.5. The average Bonchev–Trinajstić information content (AvgIpc) is 3.43. The summed E-state index contributed by atoms with van der Waals surface area (Å²) in [5, 5.41) is 14.0. The van der Waals surface area contributed by atoms with Crippen LogP contribution in [0.15, 0.2) is 78.9 Å². The van der Waals surface area contributed by atoms with Gasteiger partial charge in [0.2, 0.25) is 11.8 Å². The third-order valence-corrected chi connectivity index (χ3v) is 9.99. The maximum absolute atomic E-state index is 14.8. The van der Waals surface area contributed by atoms with Gasteiger partial charge in [0.15, 0.2) is 0 Å². The maximum Gasteiger partial charge on any atom is 0.313 e. The molecule has 248 valence electrons. The number of rotatable bonds is 5. The van der Waals surface area contributed by atoms with Gasteiger partial charge in [-0.15, -0.1) is 0 Å². The van der Waals surface area contributed by atoms with Gasteiger partial charge < -0.3 is 29.7 Å². The predicted octanol–water partition coefficient (Wildman–Crippen LogP) is 3.98. The van der Waals surface area contributed by atoms with Crippen LogP contribution < -0.4 is 10.2 Å². The lowest BCUT2D eigenvalue weighted by Gasteiger charge is -2.39. The summed E-state index contributed by atoms with van der Waals surface area (Å²) in [7, 11) is 0. The fourth-order valence-electron chi connectivity index (χ4n) is 7.47. The molecule has 2 aromatic rings. The van der Waals surface area contributed by atoms with Crippen LogP contribution in [-0.2, 0) is 28.7 Å². The predicted molar refractivity (Wildman–Crippen MR) is 175 cm³/mol. The van der Waals surface area contributed by atoms with Crippen LogP contribution in [0.5, 0.6) is 0 Å². The summed E-state index contributed by atoms with van der Waals surface area (Å²) < 4.78 is 13.0. The van der Waals surface area contributed by atoms with Crippen LogP contribution in [0, 0.1) is 17.8 Å². The smallest absolute Gasteiger partial charge is 0.313 e. The normalized spacial score (nSPS) is 32.4. The Balaban J connectivity index is 1.47. The van der Waals surface area contributed by atoms with Gasteiger partial charge in [-0.2, -0.15) is 0 Å². The lowest BCUT2D eigenvalue weighted by atomic mass is 9.77. The first kappa shape index (κ1) is 32.9. The van der Waals surface area contributed by atoms with Crippen LogP contribution in [-0.4, -0.2) is 76.7 Å². The first-order valence-electron chi connectivity index (χ1n) is 16.1. The Labute approximate surface area is 279 Å². The monoisotopic (exact) mass is 661 g/mol. The number of cyclic esters (lactones) is 1. The van der Waals surface area contributed by atoms with Crippen molar-refractivity contribution in [2.75, 3.05) is 18.1 Å². The number of esters is 1. The number of hydrogen-bond donors (Lipinski definition) is 2. The second-order valence-corrected chi connectivity index (χ2v) is 13.4. The maximum atomic E-state index is 14.8. The second-order valence-electron chi connectivity index (χ2n) is 13.0. The number of ether oxygens (including phenoxy) is 2. The minimum Gasteiger partial charge on any atom is -0.455 e. The topological polar surface area (TPSA) is 125 Å². The molecule has 2 fully saturated rings. The van der Waals surface area contributed by atoms with Crippen molar-refractivity contribution >= 4 is 41.0 Å². The fourth-order valence-corrected chi connectivity index (χ4v) is 7.60. The van der Waals surface area contributed by atoms with Crippen LogP contribution in [0.3, 0.4) is 0 Å². The number of allylic oxidation sites excluding steroid dienone is 1. The third-order valence-electron chi connectivity index (χ3n) is 9.73. The Hall–Kier alpha value is -3.99. The minimum atomic E-state index is -1.53. The lowest BCUT2D eigenvalue weighted by Crippen LogP contribution is -2.59. The highest BCUT2D eigenvalue weighted by atomic mass is 35.5. The molecular formula is C36H40ClN3O7. The number of carbonyl (C=O) groups excluding carboxylic acids is 4. The number of hydrogen-bond acceptors (Lipinski definition) is 7. The molecular weight excluding hydrogens is 622 g/mol. The van der Waals surface area contributed by atoms with E-state index in [1.807, 2.05) is 44.2 Å². The molecule has 2 saturated heterocycles. The van der Waals surface area contributed by atoms with E-state index in [1.165, 1.54) is 4.90 Å². The lowest BCUT2D eigenvalue weighted by molar-refractivity contribution is -0.162. The number of carbonyl (C=O) groups is 4. The Morgan fingerprint density at radius 1 is 1.02 bits per heavy atom. The Bertz CT molecular complexity index is 1580. The number of benzene rings is 2. The van der Waals surface area contributed by atoms with Crippen molar-refractivity contribution in [2.45, 2.75) is 69.5 Å². The van der Waals surface area contributed by atoms with E-state index in [4.69, 9.17) is 21.1 Å². The second kappa shape index (κ2) is 13.3. The van der Waals surface area contributed by atoms with E-state index in [1.54, 1.807) is 60.4 Å². The highest BCUT2D eigenvalue weighted by Crippen LogP contribution is 2.54. The van der Waals surface area contributed by atoms with E-state index < -0.39 is 65.6 Å². The van der Waals surface area contributed by atoms with E-state index in [2.05, 4.69) is 5.32 Å². The van der Waals surface area contributed by atoms with Crippen LogP contribution in [0.4, 0.5) is 5.69 Å². The molecule has 2 aromatic carbocycles. The van der Waals surface area contributed by atoms with Gasteiger partial charge in [0.25, 0.3) is 5.91 Å². The highest BCUT2D eigenvalue weighted by Gasteiger charge is 2.72. The van der Waals surface area contributed by atoms with Crippen molar-refractivity contribution in [3.05, 3.63) is 89.5 Å². The van der Waals surface area contributed by atoms with Crippen molar-refractivity contribution < 1.29 is 33.8 Å². The molecule has 0 radical (unpaired) electrons. The fraction of sp³-hybridized carbons (Fsp3) is 0.444. The molecule has 1 spiro atoms. The quantitative estimate of drug-likeness (QED) is 0.367. The molecule has 11 heteroatoms. The van der Waals surface area contributed by atoms with Crippen molar-refractivity contribution in [3.8, 4) is 0 Å². The number of nitrogens with zero attached hydrogens (tertiary/aromatic N) is 2. The Kier molecular flexibility index (Phi) is 9.29. The number of halogens is 1. The summed E-state index contributed by atoms with van der Waals surface area (Å²) >= 11 is 6.15. The Morgan fingerprint density at radius 2 is 1.74 bits per heavy atom. The molecule has 4 aliphatic rings. The molecule has 0 saturated carbocycles. The van der Waals surface area contributed by atoms with Gasteiger partial charge in [-0.1, -0.05) is 80.1 Å². The SMILES string of the molecule is CC(C)[C@H](CO)N1C(=O)[C@@H]2[C@H]3C(=O)O[C@H](c4ccccc4)[C@@H](C)NC(=O)CC/C=C\[C@H]3O[C@@]23C=CCN(c2ccc(Cl)cc2)C(=O)[C@@H]13. The molecule has 0 unspecified atom stereocenters. The van der Waals surface area contributed by atoms with Crippen molar-refractivity contribution in [2.24, 2.45) is 17.8 Å². The molecule has 47 heavy (non-hydrogen) atoms. The largest absolute Gasteiger partial charge is 0.455 e. The average molecular weight is 662 g/mol. The van der Waals surface area contributed by atoms with Gasteiger partial charge in [-0.25, -0.2) is 0 Å². The molecule has 0 aliphatic carbocycles. The van der Waals surface area contributed by atoms with E-state index in [-0.39, 0.29) is 31.4 Å². The third kappa shape index (κ3) is 5.87. The number of nitrogens with one attached hydrogen (secondary N) is 1. The summed E-state index contributed by atoms with van der Waals surface area (Å²) in [6.07, 6.45) is 5.85. The van der Waals surface area contributed by atoms with Gasteiger partial charge in [0.05, 0.1) is 30.7 Å². The zero-order valence-electron chi connectivity index (χ0n) is 26.6. The molecule has 10 nitrogen and oxygen atoms in total. The molecule has 0 aromatic heterocycles. The van der Waals surface area contributed by atoms with E-state index in [0.29, 0.717) is 22.7 Å². The number of anilines is 1. The summed E-state index contributed by atoms with van der Waals surface area (Å²) in [6, 6.07) is 13.5. The Morgan fingerprint density at radius 3 is 2.43 bits per heavy atom. The van der Waals surface area contributed by atoms with E-state index >= 15 is 0 Å². The van der Waals surface area contributed by atoms with Crippen LogP contribution in [0.1, 0.15) is 45.3 Å². The molecule has 3 amide bonds. The number of aliphatic hydroxyl groups is 1. The van der Waals surface area contributed by atoms with Gasteiger partial charge in [-0.05, 0) is 49.1 Å². The molecule has 0 bridgehead atoms. The standard InChI is InChI=1S/C36H40ClN3O7/c1-21(2)26(20-41)40-32-34(44)39(25-16-14-24(37)15-17-25)19-9-18-36(32)30(33(40)43)29-27(47-36)12-7-8-13-28(42)38-22(3)31(46-35(29)45)23-10-5-4-6-11-23/h4-7,9-12,14-18,21-22,26-27,29-32,41H,8,13,19-20H2,1-3H3,(H,38,42)/b12-7-/t22-,26+,27-,29+,30+,31+,32-,36+/m1/s1. The van der Waals surface area contributed by atoms with Crippen molar-refractivity contribution in [1.82, 2.24) is 10.2 Å². The first-order chi connectivity index (χ1) is 22.6. The van der Waals surface area contributed by atoms with Gasteiger partial charge >= 0.3 is 5.97 Å². The van der Waals surface area contributed by atoms with Crippen LogP contribution >= 0.6 is 11.6 Å². The van der Waals surface area contributed by atoms with E-state index in [9.17, 15) is 24.3 Å². The summed E-state index contributed by atoms with van der Waals surface area (Å²) in [4.78, 5) is 59.7. The molecule has 4 heterocycles. The van der Waals surface area contributed by atoms with E-state index in [0.717, 1.165) is 0 Å². The number of likely N-dealkylation sites (tertiary alicyclic amines) is 1. The van der Waals surface area contributed by atoms with Crippen LogP contribution in [0.2, 0.25) is 5.02 Å². The molecule has 4 aliphatic heterocycles. The van der Waals surface area contributed by atoms with Gasteiger partial charge in [-0.3, -0.25) is 19.2 Å². The molecule has 8 atom stereocenters. The molecule has 6 rings (SSSR count). The summed E-state index contributed by atoms with van der Waals surface area (Å²) in [5.74, 6) is -4.14. The van der Waals surface area contributed by atoms with Crippen molar-refractivity contribution in [1.29, 1.82) is 0 Å². The summed E-state index contributed by atoms with van der Waals surface area (Å²) in [5.41, 5.74) is -0.256. The van der Waals surface area contributed by atoms with Crippen molar-refractivity contribution in [3.63, 3.8) is 0 Å². The zero-order chi connectivity index (χ0) is 33.5. The number of fused-ring (bicyclic) bond motifs is 2. The minimum absolute atomic E-state index is 0.187. The highest BCUT2D eigenvalue weighted by molar-refractivity contribution is 6.30. The van der Waals surface area contributed by atoms with Gasteiger partial charge in [0, 0.05) is 23.7 Å². The van der Waals surface area contributed by atoms with Gasteiger partial charge in [0.1, 0.15) is 23.7 Å². The number of aliphatic hydroxyl groups excluding tert-OH is 1.